The van der Waals surface area contributed by atoms with Crippen molar-refractivity contribution in [1.29, 1.82) is 0 Å². The van der Waals surface area contributed by atoms with Gasteiger partial charge >= 0.3 is 0 Å². The van der Waals surface area contributed by atoms with Crippen LogP contribution in [-0.2, 0) is 9.59 Å². The van der Waals surface area contributed by atoms with Crippen molar-refractivity contribution < 1.29 is 18.4 Å². The van der Waals surface area contributed by atoms with Gasteiger partial charge < -0.3 is 27.0 Å². The van der Waals surface area contributed by atoms with Crippen LogP contribution in [0.25, 0.3) is 0 Å². The zero-order valence-corrected chi connectivity index (χ0v) is 23.7. The fourth-order valence-electron chi connectivity index (χ4n) is 6.99. The van der Waals surface area contributed by atoms with Crippen LogP contribution in [0.4, 0.5) is 8.78 Å². The van der Waals surface area contributed by atoms with E-state index in [9.17, 15) is 14.0 Å². The Morgan fingerprint density at radius 1 is 1.21 bits per heavy atom. The van der Waals surface area contributed by atoms with Crippen LogP contribution in [0.5, 0.6) is 0 Å². The third kappa shape index (κ3) is 6.95. The van der Waals surface area contributed by atoms with Gasteiger partial charge in [-0.3, -0.25) is 24.4 Å². The Hall–Kier alpha value is -1.73. The van der Waals surface area contributed by atoms with Gasteiger partial charge in [0.15, 0.2) is 0 Å². The summed E-state index contributed by atoms with van der Waals surface area (Å²) in [4.78, 5) is 37.1. The molecule has 0 spiro atoms. The molecule has 4 rings (SSSR count). The Kier molecular flexibility index (Phi) is 9.96. The molecule has 222 valence electrons. The molecule has 6 N–H and O–H groups in total. The Labute approximate surface area is 231 Å². The van der Waals surface area contributed by atoms with E-state index in [2.05, 4.69) is 34.4 Å². The second-order valence-electron chi connectivity index (χ2n) is 12.3. The molecule has 4 aliphatic heterocycles. The lowest BCUT2D eigenvalue weighted by Crippen LogP contribution is -2.71. The molecule has 12 heteroatoms. The van der Waals surface area contributed by atoms with Gasteiger partial charge in [-0.25, -0.2) is 8.78 Å². The lowest BCUT2D eigenvalue weighted by molar-refractivity contribution is -0.145. The number of halogens is 2. The SMILES string of the molecule is CCC[C@]1(C)CCC(F)CN=C(C(C(=O)NC2CNCC(F)C2N2CCN3CCN(C)C(=O)C3C2)C(N)N)C1. The molecule has 6 unspecified atom stereocenters. The lowest BCUT2D eigenvalue weighted by Gasteiger charge is -2.50. The molecule has 4 heterocycles. The van der Waals surface area contributed by atoms with Crippen molar-refractivity contribution in [2.24, 2.45) is 27.8 Å². The number of alkyl halides is 2. The van der Waals surface area contributed by atoms with E-state index >= 15 is 4.39 Å². The summed E-state index contributed by atoms with van der Waals surface area (Å²) in [7, 11) is 1.80. The minimum Gasteiger partial charge on any atom is -0.350 e. The van der Waals surface area contributed by atoms with Crippen LogP contribution >= 0.6 is 0 Å². The highest BCUT2D eigenvalue weighted by atomic mass is 19.1. The van der Waals surface area contributed by atoms with Crippen molar-refractivity contribution in [1.82, 2.24) is 25.3 Å². The van der Waals surface area contributed by atoms with Crippen LogP contribution in [0.15, 0.2) is 4.99 Å². The van der Waals surface area contributed by atoms with Crippen LogP contribution in [0, 0.1) is 11.3 Å². The van der Waals surface area contributed by atoms with Crippen LogP contribution < -0.4 is 22.1 Å². The van der Waals surface area contributed by atoms with Crippen LogP contribution in [0.2, 0.25) is 0 Å². The quantitative estimate of drug-likeness (QED) is 0.322. The molecule has 7 atom stereocenters. The summed E-state index contributed by atoms with van der Waals surface area (Å²) in [5, 5.41) is 6.14. The fourth-order valence-corrected chi connectivity index (χ4v) is 6.99. The van der Waals surface area contributed by atoms with Gasteiger partial charge in [0.05, 0.1) is 24.8 Å². The molecule has 4 aliphatic rings. The molecule has 0 aromatic carbocycles. The Morgan fingerprint density at radius 3 is 2.64 bits per heavy atom. The van der Waals surface area contributed by atoms with Gasteiger partial charge in [-0.05, 0) is 31.1 Å². The zero-order chi connectivity index (χ0) is 28.3. The number of carbonyl (C=O) groups excluding carboxylic acids is 2. The summed E-state index contributed by atoms with van der Waals surface area (Å²) < 4.78 is 30.0. The number of piperazine rings is 2. The first kappa shape index (κ1) is 30.2. The van der Waals surface area contributed by atoms with E-state index in [1.165, 1.54) is 0 Å². The maximum absolute atomic E-state index is 15.5. The summed E-state index contributed by atoms with van der Waals surface area (Å²) >= 11 is 0. The van der Waals surface area contributed by atoms with E-state index in [0.29, 0.717) is 57.7 Å². The zero-order valence-electron chi connectivity index (χ0n) is 23.7. The highest BCUT2D eigenvalue weighted by molar-refractivity contribution is 6.05. The second kappa shape index (κ2) is 12.8. The smallest absolute Gasteiger partial charge is 0.241 e. The van der Waals surface area contributed by atoms with Gasteiger partial charge in [-0.1, -0.05) is 20.3 Å². The average molecular weight is 555 g/mol. The fraction of sp³-hybridized carbons (Fsp3) is 0.889. The van der Waals surface area contributed by atoms with Gasteiger partial charge in [0, 0.05) is 58.6 Å². The molecule has 3 fully saturated rings. The van der Waals surface area contributed by atoms with Crippen molar-refractivity contribution in [2.75, 3.05) is 59.4 Å². The predicted octanol–water partition coefficient (Wildman–Crippen LogP) is -0.132. The Morgan fingerprint density at radius 2 is 1.92 bits per heavy atom. The molecule has 0 aromatic rings. The number of fused-ring (bicyclic) bond motifs is 1. The van der Waals surface area contributed by atoms with Crippen molar-refractivity contribution in [3.05, 3.63) is 0 Å². The van der Waals surface area contributed by atoms with Crippen molar-refractivity contribution >= 4 is 17.5 Å². The molecule has 3 saturated heterocycles. The highest BCUT2D eigenvalue weighted by Crippen LogP contribution is 2.37. The highest BCUT2D eigenvalue weighted by Gasteiger charge is 2.45. The molecular weight excluding hydrogens is 506 g/mol. The van der Waals surface area contributed by atoms with Gasteiger partial charge in [0.25, 0.3) is 0 Å². The Bertz CT molecular complexity index is 907. The minimum absolute atomic E-state index is 0.0116. The maximum atomic E-state index is 15.5. The lowest BCUT2D eigenvalue weighted by atomic mass is 9.73. The molecule has 0 saturated carbocycles. The van der Waals surface area contributed by atoms with Crippen LogP contribution in [-0.4, -0.2) is 128 Å². The number of carbonyl (C=O) groups is 2. The van der Waals surface area contributed by atoms with Crippen molar-refractivity contribution in [2.45, 2.75) is 82.6 Å². The van der Waals surface area contributed by atoms with Gasteiger partial charge in [0.2, 0.25) is 11.8 Å². The van der Waals surface area contributed by atoms with E-state index in [-0.39, 0.29) is 30.5 Å². The normalized spacial score (nSPS) is 36.1. The number of nitrogens with two attached hydrogens (primary N) is 2. The van der Waals surface area contributed by atoms with E-state index in [1.54, 1.807) is 11.9 Å². The van der Waals surface area contributed by atoms with Gasteiger partial charge in [-0.15, -0.1) is 0 Å². The summed E-state index contributed by atoms with van der Waals surface area (Å²) in [6.07, 6.45) is 0.158. The number of piperidine rings is 1. The first-order valence-corrected chi connectivity index (χ1v) is 14.6. The molecule has 0 bridgehead atoms. The van der Waals surface area contributed by atoms with E-state index in [4.69, 9.17) is 11.5 Å². The standard InChI is InChI=1S/C27H48F2N8O2/c1-4-6-27(2)7-5-17(28)13-33-19(12-27)22(24(30)31)25(38)34-20-15-32-14-18(29)23(20)37-11-10-36-9-8-35(3)26(39)21(36)16-37/h17-18,20-24,32H,4-16,30-31H2,1-3H3,(H,34,38)/t17?,18?,20?,21?,22?,23?,27-/m1/s1. The molecule has 10 nitrogen and oxygen atoms in total. The number of hydrogen-bond donors (Lipinski definition) is 4. The first-order chi connectivity index (χ1) is 18.5. The largest absolute Gasteiger partial charge is 0.350 e. The number of rotatable bonds is 7. The van der Waals surface area contributed by atoms with Crippen LogP contribution in [0.3, 0.4) is 0 Å². The molecule has 39 heavy (non-hydrogen) atoms. The predicted molar refractivity (Wildman–Crippen MR) is 148 cm³/mol. The van der Waals surface area contributed by atoms with Crippen LogP contribution in [0.1, 0.15) is 46.0 Å². The topological polar surface area (TPSA) is 132 Å². The average Bonchev–Trinajstić information content (AvgIpc) is 2.87. The molecule has 2 amide bonds. The summed E-state index contributed by atoms with van der Waals surface area (Å²) in [5.41, 5.74) is 12.6. The van der Waals surface area contributed by atoms with E-state index in [0.717, 1.165) is 19.4 Å². The molecule has 0 radical (unpaired) electrons. The number of amides is 2. The third-order valence-electron chi connectivity index (χ3n) is 9.18. The maximum Gasteiger partial charge on any atom is 0.241 e. The van der Waals surface area contributed by atoms with E-state index < -0.39 is 42.4 Å². The van der Waals surface area contributed by atoms with Gasteiger partial charge in [0.1, 0.15) is 24.3 Å². The van der Waals surface area contributed by atoms with Gasteiger partial charge in [-0.2, -0.15) is 0 Å². The summed E-state index contributed by atoms with van der Waals surface area (Å²) in [6.45, 7) is 7.96. The number of nitrogens with zero attached hydrogens (tertiary/aromatic N) is 4. The monoisotopic (exact) mass is 554 g/mol. The number of aliphatic imine (C=N–C) groups is 1. The minimum atomic E-state index is -1.23. The van der Waals surface area contributed by atoms with Crippen molar-refractivity contribution in [3.63, 3.8) is 0 Å². The number of nitrogens with one attached hydrogen (secondary N) is 2. The summed E-state index contributed by atoms with van der Waals surface area (Å²) in [5.74, 6) is -1.29. The molecule has 0 aliphatic carbocycles. The number of likely N-dealkylation sites (N-methyl/N-ethyl adjacent to an activating group) is 1. The molecule has 0 aromatic heterocycles. The first-order valence-electron chi connectivity index (χ1n) is 14.6. The summed E-state index contributed by atoms with van der Waals surface area (Å²) in [6, 6.07) is -1.45. The van der Waals surface area contributed by atoms with E-state index in [1.807, 2.05) is 4.90 Å². The number of hydrogen-bond acceptors (Lipinski definition) is 8. The van der Waals surface area contributed by atoms with Crippen molar-refractivity contribution in [3.8, 4) is 0 Å². The molecular formula is C27H48F2N8O2. The Balaban J connectivity index is 1.52. The second-order valence-corrected chi connectivity index (χ2v) is 12.3. The third-order valence-corrected chi connectivity index (χ3v) is 9.18.